The smallest absolute Gasteiger partial charge is 0.415 e. The quantitative estimate of drug-likeness (QED) is 0.906. The molecule has 1 saturated heterocycles. The summed E-state index contributed by atoms with van der Waals surface area (Å²) < 4.78 is 42.5. The molecule has 0 amide bonds. The summed E-state index contributed by atoms with van der Waals surface area (Å²) in [7, 11) is 1.61. The number of β-amino-alcohol motifs (C(OH)–C–C–N with tert-alkyl or cyclic N) is 1. The number of alkyl halides is 3. The molecular weight excluding hydrogens is 295 g/mol. The molecule has 124 valence electrons. The van der Waals surface area contributed by atoms with Gasteiger partial charge < -0.3 is 14.7 Å². The van der Waals surface area contributed by atoms with E-state index < -0.39 is 12.3 Å². The molecule has 22 heavy (non-hydrogen) atoms. The van der Waals surface area contributed by atoms with Gasteiger partial charge >= 0.3 is 6.18 Å². The Kier molecular flexibility index (Phi) is 5.69. The van der Waals surface area contributed by atoms with Gasteiger partial charge in [-0.05, 0) is 49.4 Å². The minimum atomic E-state index is -4.54. The lowest BCUT2D eigenvalue weighted by Gasteiger charge is -2.34. The monoisotopic (exact) mass is 317 g/mol. The summed E-state index contributed by atoms with van der Waals surface area (Å²) in [4.78, 5) is 1.71. The SMILES string of the molecule is COc1cccc(CC2CCCN(CC(O)C(F)(F)F)C2)c1. The molecule has 0 radical (unpaired) electrons. The van der Waals surface area contributed by atoms with Gasteiger partial charge in [-0.25, -0.2) is 0 Å². The molecule has 1 fully saturated rings. The van der Waals surface area contributed by atoms with Crippen molar-refractivity contribution in [1.82, 2.24) is 4.90 Å². The number of nitrogens with zero attached hydrogens (tertiary/aromatic N) is 1. The molecule has 0 aliphatic carbocycles. The van der Waals surface area contributed by atoms with Gasteiger partial charge in [-0.1, -0.05) is 12.1 Å². The fourth-order valence-electron chi connectivity index (χ4n) is 2.96. The second kappa shape index (κ2) is 7.33. The molecule has 1 heterocycles. The summed E-state index contributed by atoms with van der Waals surface area (Å²) in [5.74, 6) is 1.10. The third-order valence-corrected chi connectivity index (χ3v) is 4.07. The second-order valence-electron chi connectivity index (χ2n) is 5.88. The van der Waals surface area contributed by atoms with Crippen molar-refractivity contribution in [3.05, 3.63) is 29.8 Å². The lowest BCUT2D eigenvalue weighted by molar-refractivity contribution is -0.209. The average molecular weight is 317 g/mol. The molecule has 2 atom stereocenters. The molecule has 0 spiro atoms. The number of rotatable bonds is 5. The van der Waals surface area contributed by atoms with Crippen molar-refractivity contribution >= 4 is 0 Å². The maximum Gasteiger partial charge on any atom is 0.415 e. The Morgan fingerprint density at radius 3 is 2.86 bits per heavy atom. The Bertz CT molecular complexity index is 479. The molecule has 1 N–H and O–H groups in total. The highest BCUT2D eigenvalue weighted by molar-refractivity contribution is 5.28. The summed E-state index contributed by atoms with van der Waals surface area (Å²) in [5, 5.41) is 9.20. The van der Waals surface area contributed by atoms with Crippen LogP contribution in [0.15, 0.2) is 24.3 Å². The van der Waals surface area contributed by atoms with E-state index in [0.717, 1.165) is 30.6 Å². The van der Waals surface area contributed by atoms with E-state index in [0.29, 0.717) is 19.0 Å². The first-order chi connectivity index (χ1) is 10.4. The van der Waals surface area contributed by atoms with E-state index >= 15 is 0 Å². The van der Waals surface area contributed by atoms with Gasteiger partial charge in [0.05, 0.1) is 7.11 Å². The number of hydrogen-bond acceptors (Lipinski definition) is 3. The Morgan fingerprint density at radius 1 is 1.41 bits per heavy atom. The van der Waals surface area contributed by atoms with Crippen LogP contribution in [0.4, 0.5) is 13.2 Å². The fraction of sp³-hybridized carbons (Fsp3) is 0.625. The number of hydrogen-bond donors (Lipinski definition) is 1. The Hall–Kier alpha value is -1.27. The van der Waals surface area contributed by atoms with E-state index in [4.69, 9.17) is 4.74 Å². The van der Waals surface area contributed by atoms with Gasteiger partial charge in [0.15, 0.2) is 6.10 Å². The maximum absolute atomic E-state index is 12.4. The van der Waals surface area contributed by atoms with Crippen molar-refractivity contribution in [3.8, 4) is 5.75 Å². The van der Waals surface area contributed by atoms with Gasteiger partial charge in [0, 0.05) is 13.1 Å². The number of methoxy groups -OCH3 is 1. The minimum Gasteiger partial charge on any atom is -0.497 e. The highest BCUT2D eigenvalue weighted by Gasteiger charge is 2.39. The predicted octanol–water partition coefficient (Wildman–Crippen LogP) is 2.87. The number of halogens is 3. The molecule has 0 saturated carbocycles. The van der Waals surface area contributed by atoms with Crippen LogP contribution in [0.3, 0.4) is 0 Å². The Balaban J connectivity index is 1.90. The van der Waals surface area contributed by atoms with Crippen LogP contribution in [0.25, 0.3) is 0 Å². The highest BCUT2D eigenvalue weighted by Crippen LogP contribution is 2.25. The molecule has 6 heteroatoms. The first kappa shape index (κ1) is 17.1. The first-order valence-corrected chi connectivity index (χ1v) is 7.48. The van der Waals surface area contributed by atoms with E-state index in [2.05, 4.69) is 0 Å². The largest absolute Gasteiger partial charge is 0.497 e. The molecule has 0 aromatic heterocycles. The maximum atomic E-state index is 12.4. The lowest BCUT2D eigenvalue weighted by Crippen LogP contribution is -2.45. The van der Waals surface area contributed by atoms with Crippen LogP contribution < -0.4 is 4.74 Å². The molecule has 3 nitrogen and oxygen atoms in total. The van der Waals surface area contributed by atoms with E-state index in [1.54, 1.807) is 12.0 Å². The molecule has 2 unspecified atom stereocenters. The molecule has 1 aromatic carbocycles. The van der Waals surface area contributed by atoms with E-state index in [-0.39, 0.29) is 6.54 Å². The topological polar surface area (TPSA) is 32.7 Å². The van der Waals surface area contributed by atoms with Gasteiger partial charge in [-0.15, -0.1) is 0 Å². The van der Waals surface area contributed by atoms with Crippen molar-refractivity contribution in [2.45, 2.75) is 31.5 Å². The molecule has 1 aromatic rings. The molecule has 2 rings (SSSR count). The Morgan fingerprint density at radius 2 is 2.18 bits per heavy atom. The van der Waals surface area contributed by atoms with Gasteiger partial charge in [0.1, 0.15) is 5.75 Å². The van der Waals surface area contributed by atoms with E-state index in [1.165, 1.54) is 0 Å². The van der Waals surface area contributed by atoms with E-state index in [9.17, 15) is 18.3 Å². The third-order valence-electron chi connectivity index (χ3n) is 4.07. The van der Waals surface area contributed by atoms with Gasteiger partial charge in [0.25, 0.3) is 0 Å². The number of likely N-dealkylation sites (tertiary alicyclic amines) is 1. The minimum absolute atomic E-state index is 0.307. The highest BCUT2D eigenvalue weighted by atomic mass is 19.4. The number of aliphatic hydroxyl groups is 1. The summed E-state index contributed by atoms with van der Waals surface area (Å²) in [6, 6.07) is 7.76. The summed E-state index contributed by atoms with van der Waals surface area (Å²) in [5.41, 5.74) is 1.13. The van der Waals surface area contributed by atoms with Crippen molar-refractivity contribution < 1.29 is 23.0 Å². The Labute approximate surface area is 128 Å². The van der Waals surface area contributed by atoms with Crippen molar-refractivity contribution in [2.24, 2.45) is 5.92 Å². The van der Waals surface area contributed by atoms with Crippen LogP contribution in [0.2, 0.25) is 0 Å². The van der Waals surface area contributed by atoms with Crippen LogP contribution in [0, 0.1) is 5.92 Å². The van der Waals surface area contributed by atoms with Crippen molar-refractivity contribution in [3.63, 3.8) is 0 Å². The van der Waals surface area contributed by atoms with Crippen LogP contribution in [0.5, 0.6) is 5.75 Å². The standard InChI is InChI=1S/C16H22F3NO2/c1-22-14-6-2-4-12(9-14)8-13-5-3-7-20(10-13)11-15(21)16(17,18)19/h2,4,6,9,13,15,21H,3,5,7-8,10-11H2,1H3. The van der Waals surface area contributed by atoms with Crippen molar-refractivity contribution in [1.29, 1.82) is 0 Å². The zero-order chi connectivity index (χ0) is 16.2. The van der Waals surface area contributed by atoms with Crippen LogP contribution >= 0.6 is 0 Å². The average Bonchev–Trinajstić information content (AvgIpc) is 2.47. The lowest BCUT2D eigenvalue weighted by atomic mass is 9.91. The van der Waals surface area contributed by atoms with Crippen molar-refractivity contribution in [2.75, 3.05) is 26.7 Å². The normalized spacial score (nSPS) is 21.6. The van der Waals surface area contributed by atoms with Crippen LogP contribution in [-0.2, 0) is 6.42 Å². The number of piperidine rings is 1. The van der Waals surface area contributed by atoms with Crippen LogP contribution in [0.1, 0.15) is 18.4 Å². The van der Waals surface area contributed by atoms with Crippen LogP contribution in [-0.4, -0.2) is 49.0 Å². The summed E-state index contributed by atoms with van der Waals surface area (Å²) in [6.45, 7) is 0.865. The second-order valence-corrected chi connectivity index (χ2v) is 5.88. The molecule has 1 aliphatic rings. The van der Waals surface area contributed by atoms with Gasteiger partial charge in [-0.2, -0.15) is 13.2 Å². The molecule has 1 aliphatic heterocycles. The zero-order valence-electron chi connectivity index (χ0n) is 12.6. The summed E-state index contributed by atoms with van der Waals surface area (Å²) >= 11 is 0. The zero-order valence-corrected chi connectivity index (χ0v) is 12.6. The first-order valence-electron chi connectivity index (χ1n) is 7.48. The summed E-state index contributed by atoms with van der Waals surface area (Å²) in [6.07, 6.45) is -4.13. The van der Waals surface area contributed by atoms with E-state index in [1.807, 2.05) is 24.3 Å². The predicted molar refractivity (Wildman–Crippen MR) is 77.9 cm³/mol. The molecule has 0 bridgehead atoms. The number of aliphatic hydroxyl groups excluding tert-OH is 1. The number of benzene rings is 1. The molecular formula is C16H22F3NO2. The number of ether oxygens (including phenoxy) is 1. The fourth-order valence-corrected chi connectivity index (χ4v) is 2.96. The van der Waals surface area contributed by atoms with Gasteiger partial charge in [-0.3, -0.25) is 0 Å². The van der Waals surface area contributed by atoms with Gasteiger partial charge in [0.2, 0.25) is 0 Å². The third kappa shape index (κ3) is 4.88.